The first-order valence-corrected chi connectivity index (χ1v) is 7.70. The number of hydrogen-bond donors (Lipinski definition) is 1. The summed E-state index contributed by atoms with van der Waals surface area (Å²) in [5.41, 5.74) is 2.87. The van der Waals surface area contributed by atoms with Crippen LogP contribution in [-0.2, 0) is 16.1 Å². The molecule has 1 atom stereocenters. The Morgan fingerprint density at radius 3 is 2.96 bits per heavy atom. The Labute approximate surface area is 135 Å². The van der Waals surface area contributed by atoms with Crippen LogP contribution in [0.25, 0.3) is 0 Å². The van der Waals surface area contributed by atoms with Crippen LogP contribution in [0, 0.1) is 12.8 Å². The van der Waals surface area contributed by atoms with Crippen LogP contribution in [0.3, 0.4) is 0 Å². The van der Waals surface area contributed by atoms with Crippen molar-refractivity contribution in [3.8, 4) is 0 Å². The summed E-state index contributed by atoms with van der Waals surface area (Å²) in [4.78, 5) is 30.5. The van der Waals surface area contributed by atoms with Crippen LogP contribution in [0.1, 0.15) is 17.5 Å². The Kier molecular flexibility index (Phi) is 4.37. The van der Waals surface area contributed by atoms with Crippen LogP contribution in [-0.4, -0.2) is 23.3 Å². The van der Waals surface area contributed by atoms with Crippen molar-refractivity contribution in [2.45, 2.75) is 19.9 Å². The third-order valence-electron chi connectivity index (χ3n) is 4.02. The molecule has 5 nitrogen and oxygen atoms in total. The average Bonchev–Trinajstić information content (AvgIpc) is 2.95. The molecule has 0 spiro atoms. The van der Waals surface area contributed by atoms with E-state index in [2.05, 4.69) is 10.3 Å². The van der Waals surface area contributed by atoms with Gasteiger partial charge in [0.05, 0.1) is 0 Å². The van der Waals surface area contributed by atoms with Gasteiger partial charge < -0.3 is 10.2 Å². The number of carbonyl (C=O) groups is 2. The second kappa shape index (κ2) is 6.60. The van der Waals surface area contributed by atoms with Crippen molar-refractivity contribution in [3.05, 3.63) is 59.9 Å². The largest absolute Gasteiger partial charge is 0.351 e. The van der Waals surface area contributed by atoms with Gasteiger partial charge in [-0.15, -0.1) is 0 Å². The minimum absolute atomic E-state index is 0.126. The van der Waals surface area contributed by atoms with Gasteiger partial charge in [0.15, 0.2) is 0 Å². The number of nitrogens with zero attached hydrogens (tertiary/aromatic N) is 2. The van der Waals surface area contributed by atoms with Gasteiger partial charge in [0, 0.05) is 31.2 Å². The molecule has 0 radical (unpaired) electrons. The van der Waals surface area contributed by atoms with E-state index in [0.717, 1.165) is 16.8 Å². The molecule has 1 aliphatic heterocycles. The summed E-state index contributed by atoms with van der Waals surface area (Å²) in [6.45, 7) is 2.95. The first-order chi connectivity index (χ1) is 11.1. The second-order valence-electron chi connectivity index (χ2n) is 5.75. The molecule has 2 heterocycles. The lowest BCUT2D eigenvalue weighted by Gasteiger charge is -2.17. The van der Waals surface area contributed by atoms with E-state index in [-0.39, 0.29) is 11.8 Å². The lowest BCUT2D eigenvalue weighted by molar-refractivity contribution is -0.132. The van der Waals surface area contributed by atoms with Gasteiger partial charge in [0.1, 0.15) is 5.92 Å². The van der Waals surface area contributed by atoms with Gasteiger partial charge in [-0.25, -0.2) is 0 Å². The van der Waals surface area contributed by atoms with E-state index < -0.39 is 5.92 Å². The Hall–Kier alpha value is -2.69. The number of benzene rings is 1. The summed E-state index contributed by atoms with van der Waals surface area (Å²) >= 11 is 0. The number of anilines is 1. The van der Waals surface area contributed by atoms with Crippen LogP contribution in [0.4, 0.5) is 5.69 Å². The van der Waals surface area contributed by atoms with Crippen molar-refractivity contribution in [2.75, 3.05) is 11.4 Å². The van der Waals surface area contributed by atoms with Crippen LogP contribution >= 0.6 is 0 Å². The molecule has 0 unspecified atom stereocenters. The molecule has 2 aromatic rings. The normalized spacial score (nSPS) is 17.3. The Bertz CT molecular complexity index is 715. The van der Waals surface area contributed by atoms with Crippen LogP contribution < -0.4 is 10.2 Å². The maximum absolute atomic E-state index is 12.5. The number of aromatic nitrogens is 1. The first kappa shape index (κ1) is 15.2. The van der Waals surface area contributed by atoms with Crippen molar-refractivity contribution in [2.24, 2.45) is 5.92 Å². The molecule has 0 bridgehead atoms. The predicted molar refractivity (Wildman–Crippen MR) is 87.7 cm³/mol. The van der Waals surface area contributed by atoms with Crippen LogP contribution in [0.2, 0.25) is 0 Å². The molecule has 1 aromatic carbocycles. The minimum atomic E-state index is -0.604. The van der Waals surface area contributed by atoms with Crippen molar-refractivity contribution < 1.29 is 9.59 Å². The molecule has 1 N–H and O–H groups in total. The van der Waals surface area contributed by atoms with E-state index in [9.17, 15) is 9.59 Å². The van der Waals surface area contributed by atoms with E-state index in [1.165, 1.54) is 0 Å². The third kappa shape index (κ3) is 3.39. The predicted octanol–water partition coefficient (Wildman–Crippen LogP) is 2.06. The molecule has 1 saturated heterocycles. The summed E-state index contributed by atoms with van der Waals surface area (Å²) < 4.78 is 0. The molecule has 1 aliphatic rings. The third-order valence-corrected chi connectivity index (χ3v) is 4.02. The second-order valence-corrected chi connectivity index (χ2v) is 5.75. The molecule has 0 saturated carbocycles. The SMILES string of the molecule is Cc1cccc(N2CC[C@@H](C(=O)NCc3cccnc3)C2=O)c1. The standard InChI is InChI=1S/C18H19N3O2/c1-13-4-2-6-15(10-13)21-9-7-16(18(21)23)17(22)20-12-14-5-3-8-19-11-14/h2-6,8,10-11,16H,7,9,12H2,1H3,(H,20,22)/t16-/m0/s1. The maximum atomic E-state index is 12.5. The molecule has 1 fully saturated rings. The number of hydrogen-bond acceptors (Lipinski definition) is 3. The van der Waals surface area contributed by atoms with E-state index in [4.69, 9.17) is 0 Å². The Balaban J connectivity index is 1.63. The smallest absolute Gasteiger partial charge is 0.239 e. The molecule has 1 aromatic heterocycles. The van der Waals surface area contributed by atoms with Gasteiger partial charge in [-0.1, -0.05) is 18.2 Å². The fourth-order valence-electron chi connectivity index (χ4n) is 2.79. The summed E-state index contributed by atoms with van der Waals surface area (Å²) in [5.74, 6) is -0.944. The van der Waals surface area contributed by atoms with E-state index >= 15 is 0 Å². The number of nitrogens with one attached hydrogen (secondary N) is 1. The lowest BCUT2D eigenvalue weighted by Crippen LogP contribution is -2.36. The molecule has 3 rings (SSSR count). The highest BCUT2D eigenvalue weighted by atomic mass is 16.2. The summed E-state index contributed by atoms with van der Waals surface area (Å²) in [7, 11) is 0. The summed E-state index contributed by atoms with van der Waals surface area (Å²) in [6, 6.07) is 11.5. The highest BCUT2D eigenvalue weighted by Crippen LogP contribution is 2.26. The van der Waals surface area contributed by atoms with Crippen LogP contribution in [0.15, 0.2) is 48.8 Å². The molecule has 2 amide bonds. The molecular formula is C18H19N3O2. The summed E-state index contributed by atoms with van der Waals surface area (Å²) in [5, 5.41) is 2.83. The van der Waals surface area contributed by atoms with Gasteiger partial charge in [0.2, 0.25) is 11.8 Å². The zero-order chi connectivity index (χ0) is 16.2. The van der Waals surface area contributed by atoms with Gasteiger partial charge in [-0.3, -0.25) is 14.6 Å². The van der Waals surface area contributed by atoms with Crippen molar-refractivity contribution in [1.82, 2.24) is 10.3 Å². The Morgan fingerprint density at radius 2 is 2.22 bits per heavy atom. The fraction of sp³-hybridized carbons (Fsp3) is 0.278. The average molecular weight is 309 g/mol. The van der Waals surface area contributed by atoms with Crippen molar-refractivity contribution in [1.29, 1.82) is 0 Å². The number of aryl methyl sites for hydroxylation is 1. The monoisotopic (exact) mass is 309 g/mol. The van der Waals surface area contributed by atoms with Crippen LogP contribution in [0.5, 0.6) is 0 Å². The molecule has 0 aliphatic carbocycles. The Morgan fingerprint density at radius 1 is 1.35 bits per heavy atom. The van der Waals surface area contributed by atoms with Gasteiger partial charge in [-0.2, -0.15) is 0 Å². The lowest BCUT2D eigenvalue weighted by atomic mass is 10.1. The molecule has 5 heteroatoms. The number of pyridine rings is 1. The topological polar surface area (TPSA) is 62.3 Å². The van der Waals surface area contributed by atoms with E-state index in [1.54, 1.807) is 17.3 Å². The highest BCUT2D eigenvalue weighted by molar-refractivity contribution is 6.09. The minimum Gasteiger partial charge on any atom is -0.351 e. The highest BCUT2D eigenvalue weighted by Gasteiger charge is 2.37. The van der Waals surface area contributed by atoms with E-state index in [1.807, 2.05) is 43.3 Å². The zero-order valence-electron chi connectivity index (χ0n) is 13.0. The zero-order valence-corrected chi connectivity index (χ0v) is 13.0. The van der Waals surface area contributed by atoms with Gasteiger partial charge in [-0.05, 0) is 42.7 Å². The fourth-order valence-corrected chi connectivity index (χ4v) is 2.79. The van der Waals surface area contributed by atoms with E-state index in [0.29, 0.717) is 19.5 Å². The van der Waals surface area contributed by atoms with Crippen molar-refractivity contribution in [3.63, 3.8) is 0 Å². The van der Waals surface area contributed by atoms with Crippen molar-refractivity contribution >= 4 is 17.5 Å². The number of carbonyl (C=O) groups excluding carboxylic acids is 2. The molecule has 23 heavy (non-hydrogen) atoms. The summed E-state index contributed by atoms with van der Waals surface area (Å²) in [6.07, 6.45) is 3.94. The number of amides is 2. The number of rotatable bonds is 4. The quantitative estimate of drug-likeness (QED) is 0.879. The van der Waals surface area contributed by atoms with Gasteiger partial charge in [0.25, 0.3) is 0 Å². The molecular weight excluding hydrogens is 290 g/mol. The molecule has 118 valence electrons. The first-order valence-electron chi connectivity index (χ1n) is 7.70. The maximum Gasteiger partial charge on any atom is 0.239 e. The van der Waals surface area contributed by atoms with Gasteiger partial charge >= 0.3 is 0 Å².